The van der Waals surface area contributed by atoms with Crippen LogP contribution in [0.3, 0.4) is 0 Å². The van der Waals surface area contributed by atoms with Crippen LogP contribution in [0.4, 0.5) is 0 Å². The highest BCUT2D eigenvalue weighted by molar-refractivity contribution is 5.81. The van der Waals surface area contributed by atoms with E-state index in [-0.39, 0.29) is 11.9 Å². The molecule has 2 N–H and O–H groups in total. The maximum Gasteiger partial charge on any atom is 0.237 e. The number of carbonyl (C=O) groups is 1. The second kappa shape index (κ2) is 4.02. The van der Waals surface area contributed by atoms with Crippen LogP contribution in [0.25, 0.3) is 0 Å². The molecule has 0 aliphatic heterocycles. The Labute approximate surface area is 97.4 Å². The van der Waals surface area contributed by atoms with Gasteiger partial charge in [0.05, 0.1) is 6.04 Å². The zero-order valence-electron chi connectivity index (χ0n) is 10.0. The highest BCUT2D eigenvalue weighted by Crippen LogP contribution is 2.44. The van der Waals surface area contributed by atoms with Gasteiger partial charge in [0, 0.05) is 12.1 Å². The molecular formula is C13H22N2O. The molecule has 3 fully saturated rings. The lowest BCUT2D eigenvalue weighted by atomic mass is 9.95. The van der Waals surface area contributed by atoms with Crippen molar-refractivity contribution >= 4 is 5.91 Å². The maximum absolute atomic E-state index is 11.8. The molecule has 4 unspecified atom stereocenters. The molecule has 0 aromatic heterocycles. The van der Waals surface area contributed by atoms with Crippen molar-refractivity contribution in [3.8, 4) is 0 Å². The molecule has 3 rings (SSSR count). The first-order valence-corrected chi connectivity index (χ1v) is 6.79. The van der Waals surface area contributed by atoms with E-state index in [0.29, 0.717) is 12.1 Å². The molecule has 0 spiro atoms. The highest BCUT2D eigenvalue weighted by Gasteiger charge is 2.40. The first-order chi connectivity index (χ1) is 7.72. The Morgan fingerprint density at radius 2 is 2.00 bits per heavy atom. The fourth-order valence-corrected chi connectivity index (χ4v) is 3.40. The van der Waals surface area contributed by atoms with Crippen LogP contribution < -0.4 is 10.6 Å². The molecule has 3 nitrogen and oxygen atoms in total. The summed E-state index contributed by atoms with van der Waals surface area (Å²) in [6.45, 7) is 2.00. The second-order valence-corrected chi connectivity index (χ2v) is 5.95. The molecule has 3 aliphatic carbocycles. The summed E-state index contributed by atoms with van der Waals surface area (Å²) >= 11 is 0. The molecule has 0 aromatic carbocycles. The lowest BCUT2D eigenvalue weighted by Gasteiger charge is -2.26. The molecule has 0 radical (unpaired) electrons. The number of amides is 1. The lowest BCUT2D eigenvalue weighted by Crippen LogP contribution is -2.48. The Hall–Kier alpha value is -0.570. The van der Waals surface area contributed by atoms with Gasteiger partial charge in [-0.15, -0.1) is 0 Å². The van der Waals surface area contributed by atoms with Gasteiger partial charge in [0.25, 0.3) is 0 Å². The standard InChI is InChI=1S/C13H22N2O/c1-8(13(16)15-11-4-5-11)14-12-7-9-2-3-10(12)6-9/h8-12,14H,2-7H2,1H3,(H,15,16). The number of rotatable bonds is 4. The van der Waals surface area contributed by atoms with Gasteiger partial charge in [-0.05, 0) is 50.9 Å². The van der Waals surface area contributed by atoms with Gasteiger partial charge in [-0.25, -0.2) is 0 Å². The Bertz CT molecular complexity index is 288. The summed E-state index contributed by atoms with van der Waals surface area (Å²) in [5.41, 5.74) is 0. The van der Waals surface area contributed by atoms with Crippen molar-refractivity contribution in [3.63, 3.8) is 0 Å². The van der Waals surface area contributed by atoms with Gasteiger partial charge in [-0.1, -0.05) is 6.42 Å². The van der Waals surface area contributed by atoms with E-state index in [1.807, 2.05) is 6.92 Å². The van der Waals surface area contributed by atoms with Crippen LogP contribution in [-0.4, -0.2) is 24.0 Å². The van der Waals surface area contributed by atoms with Crippen LogP contribution in [0.15, 0.2) is 0 Å². The predicted octanol–water partition coefficient (Wildman–Crippen LogP) is 1.43. The molecule has 3 heteroatoms. The topological polar surface area (TPSA) is 41.1 Å². The van der Waals surface area contributed by atoms with E-state index in [4.69, 9.17) is 0 Å². The molecule has 90 valence electrons. The molecule has 0 saturated heterocycles. The first-order valence-electron chi connectivity index (χ1n) is 6.79. The van der Waals surface area contributed by atoms with Gasteiger partial charge in [0.15, 0.2) is 0 Å². The number of hydrogen-bond donors (Lipinski definition) is 2. The number of fused-ring (bicyclic) bond motifs is 2. The number of carbonyl (C=O) groups excluding carboxylic acids is 1. The third-order valence-electron chi connectivity index (χ3n) is 4.52. The largest absolute Gasteiger partial charge is 0.352 e. The van der Waals surface area contributed by atoms with Crippen LogP contribution in [0, 0.1) is 11.8 Å². The summed E-state index contributed by atoms with van der Waals surface area (Å²) in [5.74, 6) is 1.99. The smallest absolute Gasteiger partial charge is 0.237 e. The third-order valence-corrected chi connectivity index (χ3v) is 4.52. The van der Waals surface area contributed by atoms with E-state index in [1.54, 1.807) is 0 Å². The second-order valence-electron chi connectivity index (χ2n) is 5.95. The van der Waals surface area contributed by atoms with E-state index >= 15 is 0 Å². The normalized spacial score (nSPS) is 38.7. The molecule has 2 bridgehead atoms. The van der Waals surface area contributed by atoms with E-state index in [0.717, 1.165) is 11.8 Å². The Kier molecular flexibility index (Phi) is 2.66. The quantitative estimate of drug-likeness (QED) is 0.755. The van der Waals surface area contributed by atoms with Gasteiger partial charge < -0.3 is 10.6 Å². The SMILES string of the molecule is CC(NC1CC2CCC1C2)C(=O)NC1CC1. The van der Waals surface area contributed by atoms with Crippen LogP contribution in [0.1, 0.15) is 45.4 Å². The first kappa shape index (κ1) is 10.6. The van der Waals surface area contributed by atoms with Crippen molar-refractivity contribution in [3.05, 3.63) is 0 Å². The van der Waals surface area contributed by atoms with Crippen LogP contribution in [-0.2, 0) is 4.79 Å². The molecule has 3 aliphatic rings. The molecule has 1 amide bonds. The highest BCUT2D eigenvalue weighted by atomic mass is 16.2. The Morgan fingerprint density at radius 1 is 1.19 bits per heavy atom. The van der Waals surface area contributed by atoms with Gasteiger partial charge in [0.2, 0.25) is 5.91 Å². The average molecular weight is 222 g/mol. The monoisotopic (exact) mass is 222 g/mol. The fraction of sp³-hybridized carbons (Fsp3) is 0.923. The summed E-state index contributed by atoms with van der Waals surface area (Å²) < 4.78 is 0. The van der Waals surface area contributed by atoms with Gasteiger partial charge in [0.1, 0.15) is 0 Å². The van der Waals surface area contributed by atoms with Gasteiger partial charge in [-0.2, -0.15) is 0 Å². The fourth-order valence-electron chi connectivity index (χ4n) is 3.40. The number of hydrogen-bond acceptors (Lipinski definition) is 2. The molecule has 3 saturated carbocycles. The third kappa shape index (κ3) is 2.10. The minimum atomic E-state index is -0.00931. The average Bonchev–Trinajstić information content (AvgIpc) is 2.84. The van der Waals surface area contributed by atoms with Crippen molar-refractivity contribution in [2.24, 2.45) is 11.8 Å². The van der Waals surface area contributed by atoms with E-state index in [2.05, 4.69) is 10.6 Å². The van der Waals surface area contributed by atoms with Crippen molar-refractivity contribution < 1.29 is 4.79 Å². The zero-order chi connectivity index (χ0) is 11.1. The Balaban J connectivity index is 1.48. The molecular weight excluding hydrogens is 200 g/mol. The number of nitrogens with one attached hydrogen (secondary N) is 2. The summed E-state index contributed by atoms with van der Waals surface area (Å²) in [4.78, 5) is 11.8. The maximum atomic E-state index is 11.8. The van der Waals surface area contributed by atoms with Crippen LogP contribution >= 0.6 is 0 Å². The van der Waals surface area contributed by atoms with Crippen molar-refractivity contribution in [2.45, 2.75) is 63.6 Å². The summed E-state index contributed by atoms with van der Waals surface area (Å²) in [7, 11) is 0. The van der Waals surface area contributed by atoms with E-state index in [9.17, 15) is 4.79 Å². The van der Waals surface area contributed by atoms with Gasteiger partial charge >= 0.3 is 0 Å². The van der Waals surface area contributed by atoms with E-state index < -0.39 is 0 Å². The molecule has 0 heterocycles. The van der Waals surface area contributed by atoms with Crippen molar-refractivity contribution in [2.75, 3.05) is 0 Å². The van der Waals surface area contributed by atoms with Gasteiger partial charge in [-0.3, -0.25) is 4.79 Å². The molecule has 16 heavy (non-hydrogen) atoms. The van der Waals surface area contributed by atoms with E-state index in [1.165, 1.54) is 38.5 Å². The van der Waals surface area contributed by atoms with Crippen LogP contribution in [0.2, 0.25) is 0 Å². The van der Waals surface area contributed by atoms with Crippen LogP contribution in [0.5, 0.6) is 0 Å². The summed E-state index contributed by atoms with van der Waals surface area (Å²) in [5, 5.41) is 6.60. The lowest BCUT2D eigenvalue weighted by molar-refractivity contribution is -0.123. The summed E-state index contributed by atoms with van der Waals surface area (Å²) in [6, 6.07) is 1.08. The zero-order valence-corrected chi connectivity index (χ0v) is 10.0. The Morgan fingerprint density at radius 3 is 2.56 bits per heavy atom. The minimum absolute atomic E-state index is 0.00931. The molecule has 4 atom stereocenters. The summed E-state index contributed by atoms with van der Waals surface area (Å²) in [6.07, 6.45) is 7.84. The van der Waals surface area contributed by atoms with Crippen molar-refractivity contribution in [1.82, 2.24) is 10.6 Å². The minimum Gasteiger partial charge on any atom is -0.352 e. The van der Waals surface area contributed by atoms with Crippen molar-refractivity contribution in [1.29, 1.82) is 0 Å². The predicted molar refractivity (Wildman–Crippen MR) is 63.0 cm³/mol. The molecule has 0 aromatic rings.